The fourth-order valence-electron chi connectivity index (χ4n) is 1.74. The van der Waals surface area contributed by atoms with Gasteiger partial charge in [0.2, 0.25) is 0 Å². The second-order valence-corrected chi connectivity index (χ2v) is 6.06. The number of aliphatic imine (C=N–C) groups is 1. The third-order valence-electron chi connectivity index (χ3n) is 2.74. The van der Waals surface area contributed by atoms with Crippen LogP contribution in [0.1, 0.15) is 15.4 Å². The zero-order chi connectivity index (χ0) is 14.4. The normalized spacial score (nSPS) is 10.9. The average molecular weight is 416 g/mol. The van der Waals surface area contributed by atoms with Crippen LogP contribution in [-0.2, 0) is 13.1 Å². The lowest BCUT2D eigenvalue weighted by atomic mass is 10.2. The topological polar surface area (TPSA) is 40.5 Å². The summed E-state index contributed by atoms with van der Waals surface area (Å²) in [5.74, 6) is 0.877. The second kappa shape index (κ2) is 8.99. The molecule has 0 aliphatic rings. The molecule has 1 aromatic heterocycles. The van der Waals surface area contributed by atoms with Crippen LogP contribution in [0, 0.1) is 6.92 Å². The molecule has 0 amide bonds. The maximum atomic E-state index is 4.62. The lowest BCUT2D eigenvalue weighted by Crippen LogP contribution is -2.36. The number of halogens is 1. The van der Waals surface area contributed by atoms with Gasteiger partial charge in [-0.2, -0.15) is 0 Å². The summed E-state index contributed by atoms with van der Waals surface area (Å²) in [6, 6.07) is 10.3. The van der Waals surface area contributed by atoms with E-state index in [9.17, 15) is 0 Å². The van der Waals surface area contributed by atoms with E-state index in [2.05, 4.69) is 34.3 Å². The van der Waals surface area contributed by atoms with E-state index < -0.39 is 0 Å². The van der Waals surface area contributed by atoms with Gasteiger partial charge < -0.3 is 10.2 Å². The zero-order valence-electron chi connectivity index (χ0n) is 12.5. The van der Waals surface area contributed by atoms with Crippen LogP contribution in [0.5, 0.6) is 0 Å². The molecule has 2 rings (SSSR count). The van der Waals surface area contributed by atoms with Crippen LogP contribution in [0.2, 0.25) is 0 Å². The van der Waals surface area contributed by atoms with Crippen LogP contribution in [0.15, 0.2) is 41.5 Å². The summed E-state index contributed by atoms with van der Waals surface area (Å²) >= 11 is 1.71. The standard InChI is InChI=1S/C15H20N4S.HI/c1-12-9-16-14(20-12)11-18-15(19(2)3)17-10-13-7-5-4-6-8-13;/h4-9H,10-11H2,1-3H3,(H,17,18);1H. The summed E-state index contributed by atoms with van der Waals surface area (Å²) < 4.78 is 0. The number of benzene rings is 1. The van der Waals surface area contributed by atoms with Crippen molar-refractivity contribution in [3.05, 3.63) is 52.0 Å². The molecule has 1 aromatic carbocycles. The van der Waals surface area contributed by atoms with Gasteiger partial charge in [0.15, 0.2) is 5.96 Å². The molecule has 21 heavy (non-hydrogen) atoms. The highest BCUT2D eigenvalue weighted by Crippen LogP contribution is 2.10. The van der Waals surface area contributed by atoms with E-state index in [0.29, 0.717) is 13.1 Å². The monoisotopic (exact) mass is 416 g/mol. The van der Waals surface area contributed by atoms with Crippen molar-refractivity contribution in [3.63, 3.8) is 0 Å². The molecule has 6 heteroatoms. The van der Waals surface area contributed by atoms with Crippen molar-refractivity contribution in [2.45, 2.75) is 20.0 Å². The van der Waals surface area contributed by atoms with Gasteiger partial charge in [-0.15, -0.1) is 35.3 Å². The number of hydrogen-bond acceptors (Lipinski definition) is 3. The number of nitrogens with zero attached hydrogens (tertiary/aromatic N) is 3. The van der Waals surface area contributed by atoms with Gasteiger partial charge in [0, 0.05) is 25.2 Å². The Morgan fingerprint density at radius 3 is 2.57 bits per heavy atom. The summed E-state index contributed by atoms with van der Waals surface area (Å²) in [7, 11) is 3.98. The molecule has 0 bridgehead atoms. The largest absolute Gasteiger partial charge is 0.350 e. The van der Waals surface area contributed by atoms with Crippen LogP contribution in [0.25, 0.3) is 0 Å². The summed E-state index contributed by atoms with van der Waals surface area (Å²) in [5, 5.41) is 4.42. The molecule has 4 nitrogen and oxygen atoms in total. The van der Waals surface area contributed by atoms with E-state index in [4.69, 9.17) is 0 Å². The van der Waals surface area contributed by atoms with Gasteiger partial charge in [-0.1, -0.05) is 30.3 Å². The molecule has 1 heterocycles. The van der Waals surface area contributed by atoms with Gasteiger partial charge in [-0.3, -0.25) is 0 Å². The van der Waals surface area contributed by atoms with E-state index >= 15 is 0 Å². The van der Waals surface area contributed by atoms with E-state index in [0.717, 1.165) is 11.0 Å². The number of nitrogens with one attached hydrogen (secondary N) is 1. The summed E-state index contributed by atoms with van der Waals surface area (Å²) in [4.78, 5) is 12.2. The lowest BCUT2D eigenvalue weighted by Gasteiger charge is -2.17. The van der Waals surface area contributed by atoms with Gasteiger partial charge >= 0.3 is 0 Å². The highest BCUT2D eigenvalue weighted by molar-refractivity contribution is 14.0. The molecule has 2 aromatic rings. The first-order valence-corrected chi connectivity index (χ1v) is 7.37. The molecule has 0 saturated heterocycles. The first-order valence-electron chi connectivity index (χ1n) is 6.56. The van der Waals surface area contributed by atoms with Crippen molar-refractivity contribution < 1.29 is 0 Å². The predicted octanol–water partition coefficient (Wildman–Crippen LogP) is 3.28. The van der Waals surface area contributed by atoms with Crippen molar-refractivity contribution in [1.29, 1.82) is 0 Å². The Labute approximate surface area is 147 Å². The highest BCUT2D eigenvalue weighted by atomic mass is 127. The number of thiazole rings is 1. The molecule has 0 aliphatic heterocycles. The zero-order valence-corrected chi connectivity index (χ0v) is 15.7. The number of hydrogen-bond donors (Lipinski definition) is 1. The van der Waals surface area contributed by atoms with Crippen molar-refractivity contribution in [3.8, 4) is 0 Å². The smallest absolute Gasteiger partial charge is 0.194 e. The molecule has 0 spiro atoms. The third-order valence-corrected chi connectivity index (χ3v) is 3.66. The van der Waals surface area contributed by atoms with Gasteiger partial charge in [0.25, 0.3) is 0 Å². The van der Waals surface area contributed by atoms with Crippen molar-refractivity contribution in [2.24, 2.45) is 4.99 Å². The molecule has 0 radical (unpaired) electrons. The molecule has 114 valence electrons. The van der Waals surface area contributed by atoms with Crippen LogP contribution in [0.4, 0.5) is 0 Å². The van der Waals surface area contributed by atoms with Gasteiger partial charge in [0.1, 0.15) is 5.01 Å². The Bertz CT molecular complexity index is 566. The lowest BCUT2D eigenvalue weighted by molar-refractivity contribution is 0.578. The first-order chi connectivity index (χ1) is 9.65. The first kappa shape index (κ1) is 17.9. The van der Waals surface area contributed by atoms with Crippen LogP contribution in [-0.4, -0.2) is 29.9 Å². The Balaban J connectivity index is 0.00000220. The number of aromatic nitrogens is 1. The van der Waals surface area contributed by atoms with Crippen LogP contribution >= 0.6 is 35.3 Å². The van der Waals surface area contributed by atoms with Crippen molar-refractivity contribution in [1.82, 2.24) is 15.2 Å². The molecular weight excluding hydrogens is 395 g/mol. The molecule has 0 aliphatic carbocycles. The number of aryl methyl sites for hydroxylation is 1. The van der Waals surface area contributed by atoms with Gasteiger partial charge in [-0.05, 0) is 12.5 Å². The fourth-order valence-corrected chi connectivity index (χ4v) is 2.47. The predicted molar refractivity (Wildman–Crippen MR) is 100 cm³/mol. The van der Waals surface area contributed by atoms with E-state index in [1.54, 1.807) is 11.3 Å². The highest BCUT2D eigenvalue weighted by Gasteiger charge is 2.04. The minimum absolute atomic E-state index is 0. The molecular formula is C15H21IN4S. The Morgan fingerprint density at radius 2 is 2.00 bits per heavy atom. The molecule has 0 atom stereocenters. The van der Waals surface area contributed by atoms with E-state index in [-0.39, 0.29) is 24.0 Å². The molecule has 0 fully saturated rings. The summed E-state index contributed by atoms with van der Waals surface area (Å²) in [6.45, 7) is 3.46. The van der Waals surface area contributed by atoms with Crippen LogP contribution < -0.4 is 5.32 Å². The second-order valence-electron chi connectivity index (χ2n) is 4.74. The molecule has 0 unspecified atom stereocenters. The number of rotatable bonds is 4. The maximum absolute atomic E-state index is 4.62. The third kappa shape index (κ3) is 6.01. The Hall–Kier alpha value is -1.15. The Morgan fingerprint density at radius 1 is 1.29 bits per heavy atom. The van der Waals surface area contributed by atoms with Gasteiger partial charge in [0.05, 0.1) is 13.1 Å². The molecule has 1 N–H and O–H groups in total. The van der Waals surface area contributed by atoms with Crippen molar-refractivity contribution >= 4 is 41.3 Å². The molecule has 0 saturated carbocycles. The van der Waals surface area contributed by atoms with Gasteiger partial charge in [-0.25, -0.2) is 9.98 Å². The SMILES string of the molecule is Cc1cnc(CNC(=NCc2ccccc2)N(C)C)s1.I. The van der Waals surface area contributed by atoms with Crippen LogP contribution in [0.3, 0.4) is 0 Å². The maximum Gasteiger partial charge on any atom is 0.194 e. The van der Waals surface area contributed by atoms with Crippen molar-refractivity contribution in [2.75, 3.05) is 14.1 Å². The minimum Gasteiger partial charge on any atom is -0.350 e. The average Bonchev–Trinajstić information content (AvgIpc) is 2.85. The Kier molecular flexibility index (Phi) is 7.66. The number of guanidine groups is 1. The fraction of sp³-hybridized carbons (Fsp3) is 0.333. The van der Waals surface area contributed by atoms with E-state index in [1.807, 2.05) is 43.4 Å². The quantitative estimate of drug-likeness (QED) is 0.473. The van der Waals surface area contributed by atoms with E-state index in [1.165, 1.54) is 10.4 Å². The minimum atomic E-state index is 0. The summed E-state index contributed by atoms with van der Waals surface area (Å²) in [5.41, 5.74) is 1.21. The summed E-state index contributed by atoms with van der Waals surface area (Å²) in [6.07, 6.45) is 1.90.